The van der Waals surface area contributed by atoms with Gasteiger partial charge in [0.25, 0.3) is 0 Å². The number of thioether (sulfide) groups is 1. The number of fused-ring (bicyclic) bond motifs is 1. The lowest BCUT2D eigenvalue weighted by molar-refractivity contribution is 0.0807. The van der Waals surface area contributed by atoms with Crippen molar-refractivity contribution in [2.24, 2.45) is 0 Å². The Morgan fingerprint density at radius 3 is 2.63 bits per heavy atom. The Morgan fingerprint density at radius 1 is 1.15 bits per heavy atom. The van der Waals surface area contributed by atoms with E-state index in [1.54, 1.807) is 11.8 Å². The number of halogens is 1. The Hall–Kier alpha value is -1.30. The molecule has 0 radical (unpaired) electrons. The number of hydrogen-bond donors (Lipinski definition) is 0. The summed E-state index contributed by atoms with van der Waals surface area (Å²) in [5.41, 5.74) is 1.78. The molecule has 5 heteroatoms. The van der Waals surface area contributed by atoms with Crippen molar-refractivity contribution in [3.63, 3.8) is 0 Å². The molecule has 0 N–H and O–H groups in total. The number of aryl methyl sites for hydroxylation is 1. The molecule has 0 aliphatic carbocycles. The minimum absolute atomic E-state index is 0.184. The average Bonchev–Trinajstić information content (AvgIpc) is 2.68. The second-order valence-electron chi connectivity index (χ2n) is 7.46. The van der Waals surface area contributed by atoms with Gasteiger partial charge >= 0.3 is 0 Å². The molecule has 0 aromatic heterocycles. The molecule has 0 saturated carbocycles. The van der Waals surface area contributed by atoms with Gasteiger partial charge < -0.3 is 9.64 Å². The molecule has 27 heavy (non-hydrogen) atoms. The molecule has 0 bridgehead atoms. The Labute approximate surface area is 173 Å². The quantitative estimate of drug-likeness (QED) is 0.634. The van der Waals surface area contributed by atoms with Crippen molar-refractivity contribution < 1.29 is 9.53 Å². The van der Waals surface area contributed by atoms with E-state index in [1.807, 2.05) is 37.3 Å². The Kier molecular flexibility index (Phi) is 5.62. The number of hydrogen-bond acceptors (Lipinski definition) is 4. The van der Waals surface area contributed by atoms with Gasteiger partial charge in [0.2, 0.25) is 0 Å². The van der Waals surface area contributed by atoms with E-state index in [-0.39, 0.29) is 5.78 Å². The van der Waals surface area contributed by atoms with Gasteiger partial charge in [-0.15, -0.1) is 11.8 Å². The van der Waals surface area contributed by atoms with E-state index in [9.17, 15) is 4.79 Å². The predicted octanol–water partition coefficient (Wildman–Crippen LogP) is 5.35. The molecule has 142 valence electrons. The van der Waals surface area contributed by atoms with E-state index in [0.29, 0.717) is 17.9 Å². The topological polar surface area (TPSA) is 29.5 Å². The maximum absolute atomic E-state index is 13.7. The van der Waals surface area contributed by atoms with Crippen LogP contribution in [0.25, 0.3) is 0 Å². The molecule has 2 aliphatic heterocycles. The lowest BCUT2D eigenvalue weighted by Crippen LogP contribution is -2.53. The highest BCUT2D eigenvalue weighted by molar-refractivity contribution is 9.10. The van der Waals surface area contributed by atoms with Crippen LogP contribution in [0, 0.1) is 6.92 Å². The lowest BCUT2D eigenvalue weighted by Gasteiger charge is -2.40. The average molecular weight is 446 g/mol. The van der Waals surface area contributed by atoms with Gasteiger partial charge in [-0.1, -0.05) is 40.5 Å². The van der Waals surface area contributed by atoms with Gasteiger partial charge in [0.05, 0.1) is 5.56 Å². The van der Waals surface area contributed by atoms with Crippen LogP contribution in [-0.2, 0) is 0 Å². The highest BCUT2D eigenvalue weighted by Crippen LogP contribution is 2.43. The van der Waals surface area contributed by atoms with Crippen molar-refractivity contribution in [3.8, 4) is 5.75 Å². The van der Waals surface area contributed by atoms with Gasteiger partial charge in [0.1, 0.15) is 17.1 Å². The van der Waals surface area contributed by atoms with Crippen molar-refractivity contribution in [3.05, 3.63) is 58.1 Å². The first kappa shape index (κ1) is 19.0. The third-order valence-corrected chi connectivity index (χ3v) is 7.55. The zero-order valence-corrected chi connectivity index (χ0v) is 17.9. The number of carbonyl (C=O) groups is 1. The SMILES string of the molecule is Cc1cc2c(cc1Br)C(=O)[C@@](CN1CCCCC1)(Sc1ccccc1)CO2. The Balaban J connectivity index is 1.70. The standard InChI is InChI=1S/C22H24BrNO2S/c1-16-12-20-18(13-19(16)23)21(25)22(15-26-20,14-24-10-6-3-7-11-24)27-17-8-4-2-5-9-17/h2,4-5,8-9,12-13H,3,6-7,10-11,14-15H2,1H3/t22-/m0/s1. The van der Waals surface area contributed by atoms with Gasteiger partial charge in [-0.2, -0.15) is 0 Å². The second kappa shape index (κ2) is 7.98. The smallest absolute Gasteiger partial charge is 0.187 e. The van der Waals surface area contributed by atoms with E-state index >= 15 is 0 Å². The number of benzene rings is 2. The molecular formula is C22H24BrNO2S. The number of carbonyl (C=O) groups excluding carboxylic acids is 1. The minimum Gasteiger partial charge on any atom is -0.491 e. The fourth-order valence-corrected chi connectivity index (χ4v) is 5.53. The number of ketones is 1. The number of ether oxygens (including phenoxy) is 1. The van der Waals surface area contributed by atoms with E-state index in [1.165, 1.54) is 19.3 Å². The highest BCUT2D eigenvalue weighted by Gasteiger charge is 2.46. The van der Waals surface area contributed by atoms with Crippen molar-refractivity contribution in [1.82, 2.24) is 4.90 Å². The summed E-state index contributed by atoms with van der Waals surface area (Å²) < 4.78 is 6.51. The van der Waals surface area contributed by atoms with E-state index in [2.05, 4.69) is 33.0 Å². The molecule has 2 aliphatic rings. The normalized spacial score (nSPS) is 23.0. The zero-order chi connectivity index (χ0) is 18.9. The number of nitrogens with zero attached hydrogens (tertiary/aromatic N) is 1. The van der Waals surface area contributed by atoms with Crippen LogP contribution in [0.5, 0.6) is 5.75 Å². The van der Waals surface area contributed by atoms with Crippen LogP contribution < -0.4 is 4.74 Å². The van der Waals surface area contributed by atoms with Crippen LogP contribution in [0.3, 0.4) is 0 Å². The molecule has 1 saturated heterocycles. The predicted molar refractivity (Wildman–Crippen MR) is 114 cm³/mol. The minimum atomic E-state index is -0.611. The molecule has 0 unspecified atom stereocenters. The summed E-state index contributed by atoms with van der Waals surface area (Å²) in [5, 5.41) is 0. The summed E-state index contributed by atoms with van der Waals surface area (Å²) in [6.07, 6.45) is 3.71. The third kappa shape index (κ3) is 3.96. The van der Waals surface area contributed by atoms with Crippen molar-refractivity contribution in [1.29, 1.82) is 0 Å². The van der Waals surface area contributed by atoms with Crippen LogP contribution in [0.1, 0.15) is 35.2 Å². The van der Waals surface area contributed by atoms with Crippen molar-refractivity contribution in [2.45, 2.75) is 35.8 Å². The summed E-state index contributed by atoms with van der Waals surface area (Å²) in [6, 6.07) is 14.1. The summed E-state index contributed by atoms with van der Waals surface area (Å²) >= 11 is 5.24. The van der Waals surface area contributed by atoms with Crippen LogP contribution in [0.4, 0.5) is 0 Å². The van der Waals surface area contributed by atoms with Gasteiger partial charge in [0, 0.05) is 15.9 Å². The van der Waals surface area contributed by atoms with E-state index in [4.69, 9.17) is 4.74 Å². The Bertz CT molecular complexity index is 836. The number of piperidine rings is 1. The third-order valence-electron chi connectivity index (χ3n) is 5.36. The first-order chi connectivity index (χ1) is 13.1. The fourth-order valence-electron chi connectivity index (χ4n) is 3.88. The number of Topliss-reactive ketones (excluding diaryl/α,β-unsaturated/α-hetero) is 1. The monoisotopic (exact) mass is 445 g/mol. The van der Waals surface area contributed by atoms with Crippen LogP contribution in [0.15, 0.2) is 51.8 Å². The maximum atomic E-state index is 13.7. The molecule has 2 aromatic rings. The van der Waals surface area contributed by atoms with Gasteiger partial charge in [-0.05, 0) is 62.7 Å². The fraction of sp³-hybridized carbons (Fsp3) is 0.409. The Morgan fingerprint density at radius 2 is 1.89 bits per heavy atom. The van der Waals surface area contributed by atoms with Crippen LogP contribution >= 0.6 is 27.7 Å². The largest absolute Gasteiger partial charge is 0.491 e. The van der Waals surface area contributed by atoms with E-state index in [0.717, 1.165) is 34.6 Å². The maximum Gasteiger partial charge on any atom is 0.187 e. The van der Waals surface area contributed by atoms with Gasteiger partial charge in [-0.25, -0.2) is 0 Å². The van der Waals surface area contributed by atoms with Gasteiger partial charge in [-0.3, -0.25) is 4.79 Å². The van der Waals surface area contributed by atoms with Crippen LogP contribution in [-0.4, -0.2) is 41.7 Å². The molecule has 0 spiro atoms. The van der Waals surface area contributed by atoms with Crippen molar-refractivity contribution >= 4 is 33.5 Å². The summed E-state index contributed by atoms with van der Waals surface area (Å²) in [7, 11) is 0. The molecule has 0 amide bonds. The molecule has 2 heterocycles. The first-order valence-electron chi connectivity index (χ1n) is 9.52. The van der Waals surface area contributed by atoms with Gasteiger partial charge in [0.15, 0.2) is 5.78 Å². The number of rotatable bonds is 4. The molecule has 3 nitrogen and oxygen atoms in total. The van der Waals surface area contributed by atoms with Crippen molar-refractivity contribution in [2.75, 3.05) is 26.2 Å². The molecule has 1 fully saturated rings. The summed E-state index contributed by atoms with van der Waals surface area (Å²) in [5.74, 6) is 0.896. The zero-order valence-electron chi connectivity index (χ0n) is 15.5. The summed E-state index contributed by atoms with van der Waals surface area (Å²) in [6.45, 7) is 5.29. The van der Waals surface area contributed by atoms with Crippen LogP contribution in [0.2, 0.25) is 0 Å². The first-order valence-corrected chi connectivity index (χ1v) is 11.1. The van der Waals surface area contributed by atoms with E-state index < -0.39 is 4.75 Å². The molecule has 4 rings (SSSR count). The summed E-state index contributed by atoms with van der Waals surface area (Å²) in [4.78, 5) is 17.3. The highest BCUT2D eigenvalue weighted by atomic mass is 79.9. The number of likely N-dealkylation sites (tertiary alicyclic amines) is 1. The molecule has 2 aromatic carbocycles. The molecule has 1 atom stereocenters. The molecular weight excluding hydrogens is 422 g/mol. The second-order valence-corrected chi connectivity index (χ2v) is 9.77. The lowest BCUT2D eigenvalue weighted by atomic mass is 9.92.